The van der Waals surface area contributed by atoms with E-state index >= 15 is 0 Å². The Labute approximate surface area is 148 Å². The molecule has 1 aliphatic rings. The fourth-order valence-corrected chi connectivity index (χ4v) is 2.60. The van der Waals surface area contributed by atoms with Crippen molar-refractivity contribution in [2.24, 2.45) is 5.10 Å². The fourth-order valence-electron chi connectivity index (χ4n) is 2.60. The number of nitrogens with zero attached hydrogens (tertiary/aromatic N) is 5. The highest BCUT2D eigenvalue weighted by Gasteiger charge is 2.13. The Hall–Kier alpha value is -2.67. The van der Waals surface area contributed by atoms with E-state index in [1.807, 2.05) is 39.2 Å². The van der Waals surface area contributed by atoms with E-state index in [4.69, 9.17) is 4.74 Å². The molecule has 25 heavy (non-hydrogen) atoms. The number of nitrogens with one attached hydrogen (secondary N) is 1. The van der Waals surface area contributed by atoms with Crippen LogP contribution in [0.3, 0.4) is 0 Å². The molecule has 0 spiro atoms. The molecule has 0 unspecified atom stereocenters. The minimum absolute atomic E-state index is 0.690. The van der Waals surface area contributed by atoms with Gasteiger partial charge in [-0.25, -0.2) is 9.97 Å². The molecule has 7 nitrogen and oxygen atoms in total. The van der Waals surface area contributed by atoms with E-state index in [1.165, 1.54) is 0 Å². The summed E-state index contributed by atoms with van der Waals surface area (Å²) in [6, 6.07) is 10.1. The van der Waals surface area contributed by atoms with Gasteiger partial charge in [-0.15, -0.1) is 0 Å². The Balaban J connectivity index is 1.66. The van der Waals surface area contributed by atoms with Gasteiger partial charge in [0.1, 0.15) is 11.6 Å². The number of benzene rings is 1. The van der Waals surface area contributed by atoms with Gasteiger partial charge < -0.3 is 14.5 Å². The average molecular weight is 340 g/mol. The summed E-state index contributed by atoms with van der Waals surface area (Å²) >= 11 is 0. The molecule has 0 aliphatic carbocycles. The van der Waals surface area contributed by atoms with E-state index in [0.717, 1.165) is 49.2 Å². The number of hydrazone groups is 1. The molecule has 1 saturated heterocycles. The first kappa shape index (κ1) is 17.2. The molecule has 1 N–H and O–H groups in total. The van der Waals surface area contributed by atoms with Gasteiger partial charge in [0.05, 0.1) is 19.4 Å². The number of ether oxygens (including phenoxy) is 1. The molecule has 0 saturated carbocycles. The van der Waals surface area contributed by atoms with Gasteiger partial charge in [-0.3, -0.25) is 5.43 Å². The second kappa shape index (κ2) is 7.94. The molecule has 2 aromatic rings. The van der Waals surface area contributed by atoms with Crippen LogP contribution < -0.4 is 15.2 Å². The van der Waals surface area contributed by atoms with Gasteiger partial charge in [0.2, 0.25) is 0 Å². The van der Waals surface area contributed by atoms with Crippen molar-refractivity contribution >= 4 is 23.5 Å². The Bertz CT molecular complexity index is 723. The summed E-state index contributed by atoms with van der Waals surface area (Å²) < 4.78 is 5.39. The molecule has 0 atom stereocenters. The molecule has 7 heteroatoms. The first-order chi connectivity index (χ1) is 12.1. The molecule has 1 aromatic carbocycles. The van der Waals surface area contributed by atoms with Gasteiger partial charge in [0.15, 0.2) is 5.82 Å². The molecular weight excluding hydrogens is 316 g/mol. The van der Waals surface area contributed by atoms with Crippen molar-refractivity contribution in [2.75, 3.05) is 55.6 Å². The maximum atomic E-state index is 5.39. The number of morpholine rings is 1. The van der Waals surface area contributed by atoms with Crippen LogP contribution in [0.2, 0.25) is 0 Å². The predicted octanol–water partition coefficient (Wildman–Crippen LogP) is 2.13. The topological polar surface area (TPSA) is 65.9 Å². The Morgan fingerprint density at radius 1 is 1.16 bits per heavy atom. The van der Waals surface area contributed by atoms with Crippen molar-refractivity contribution in [3.8, 4) is 0 Å². The first-order valence-corrected chi connectivity index (χ1v) is 8.37. The van der Waals surface area contributed by atoms with Crippen molar-refractivity contribution in [1.82, 2.24) is 9.97 Å². The zero-order valence-corrected chi connectivity index (χ0v) is 14.9. The molecule has 1 fully saturated rings. The minimum atomic E-state index is 0.690. The van der Waals surface area contributed by atoms with Crippen molar-refractivity contribution in [3.63, 3.8) is 0 Å². The number of aryl methyl sites for hydroxylation is 1. The van der Waals surface area contributed by atoms with Gasteiger partial charge in [-0.05, 0) is 24.6 Å². The van der Waals surface area contributed by atoms with Crippen LogP contribution in [0, 0.1) is 6.92 Å². The van der Waals surface area contributed by atoms with E-state index in [0.29, 0.717) is 5.82 Å². The van der Waals surface area contributed by atoms with Crippen LogP contribution >= 0.6 is 0 Å². The second-order valence-corrected chi connectivity index (χ2v) is 6.11. The third-order valence-corrected chi connectivity index (χ3v) is 3.96. The van der Waals surface area contributed by atoms with Crippen LogP contribution in [0.25, 0.3) is 0 Å². The largest absolute Gasteiger partial charge is 0.378 e. The quantitative estimate of drug-likeness (QED) is 0.664. The summed E-state index contributed by atoms with van der Waals surface area (Å²) in [6.45, 7) is 5.04. The van der Waals surface area contributed by atoms with E-state index in [-0.39, 0.29) is 0 Å². The monoisotopic (exact) mass is 340 g/mol. The normalized spacial score (nSPS) is 14.8. The van der Waals surface area contributed by atoms with Crippen LogP contribution in [0.4, 0.5) is 17.3 Å². The Morgan fingerprint density at radius 3 is 2.56 bits per heavy atom. The zero-order chi connectivity index (χ0) is 17.6. The van der Waals surface area contributed by atoms with Crippen molar-refractivity contribution in [3.05, 3.63) is 41.7 Å². The Kier molecular flexibility index (Phi) is 5.45. The fraction of sp³-hybridized carbons (Fsp3) is 0.389. The molecule has 0 bridgehead atoms. The highest BCUT2D eigenvalue weighted by atomic mass is 16.5. The lowest BCUT2D eigenvalue weighted by molar-refractivity contribution is 0.122. The zero-order valence-electron chi connectivity index (χ0n) is 14.9. The number of anilines is 3. The average Bonchev–Trinajstić information content (AvgIpc) is 2.62. The number of hydrogen-bond donors (Lipinski definition) is 1. The smallest absolute Gasteiger partial charge is 0.152 e. The molecular formula is C18H24N6O. The standard InChI is InChI=1S/C18H24N6O/c1-14-20-17(12-18(21-14)24-8-10-25-11-9-24)22-19-13-15-4-6-16(7-5-15)23(2)3/h4-7,12-13H,8-11H2,1-3H3,(H,20,21,22)/b19-13+. The summed E-state index contributed by atoms with van der Waals surface area (Å²) in [6.07, 6.45) is 1.78. The van der Waals surface area contributed by atoms with Crippen molar-refractivity contribution in [2.45, 2.75) is 6.92 Å². The third-order valence-electron chi connectivity index (χ3n) is 3.96. The number of hydrogen-bond acceptors (Lipinski definition) is 7. The lowest BCUT2D eigenvalue weighted by Crippen LogP contribution is -2.36. The summed E-state index contributed by atoms with van der Waals surface area (Å²) in [5, 5.41) is 4.29. The van der Waals surface area contributed by atoms with Gasteiger partial charge in [0, 0.05) is 38.9 Å². The van der Waals surface area contributed by atoms with Gasteiger partial charge in [0.25, 0.3) is 0 Å². The lowest BCUT2D eigenvalue weighted by atomic mass is 10.2. The number of aromatic nitrogens is 2. The van der Waals surface area contributed by atoms with Gasteiger partial charge in [-0.1, -0.05) is 12.1 Å². The van der Waals surface area contributed by atoms with Gasteiger partial charge >= 0.3 is 0 Å². The minimum Gasteiger partial charge on any atom is -0.378 e. The summed E-state index contributed by atoms with van der Waals surface area (Å²) in [5.41, 5.74) is 5.19. The summed E-state index contributed by atoms with van der Waals surface area (Å²) in [4.78, 5) is 13.2. The van der Waals surface area contributed by atoms with Crippen molar-refractivity contribution in [1.29, 1.82) is 0 Å². The predicted molar refractivity (Wildman–Crippen MR) is 102 cm³/mol. The van der Waals surface area contributed by atoms with Crippen LogP contribution in [-0.2, 0) is 4.74 Å². The maximum absolute atomic E-state index is 5.39. The molecule has 1 aromatic heterocycles. The lowest BCUT2D eigenvalue weighted by Gasteiger charge is -2.28. The van der Waals surface area contributed by atoms with Crippen LogP contribution in [0.15, 0.2) is 35.4 Å². The molecule has 132 valence electrons. The second-order valence-electron chi connectivity index (χ2n) is 6.11. The van der Waals surface area contributed by atoms with Crippen molar-refractivity contribution < 1.29 is 4.74 Å². The number of rotatable bonds is 5. The molecule has 0 amide bonds. The van der Waals surface area contributed by atoms with Crippen LogP contribution in [0.5, 0.6) is 0 Å². The van der Waals surface area contributed by atoms with Crippen LogP contribution in [0.1, 0.15) is 11.4 Å². The highest BCUT2D eigenvalue weighted by Crippen LogP contribution is 2.17. The van der Waals surface area contributed by atoms with E-state index in [9.17, 15) is 0 Å². The van der Waals surface area contributed by atoms with E-state index < -0.39 is 0 Å². The molecule has 1 aliphatic heterocycles. The highest BCUT2D eigenvalue weighted by molar-refractivity contribution is 5.80. The molecule has 0 radical (unpaired) electrons. The van der Waals surface area contributed by atoms with E-state index in [1.54, 1.807) is 6.21 Å². The summed E-state index contributed by atoms with van der Waals surface area (Å²) in [5.74, 6) is 2.32. The maximum Gasteiger partial charge on any atom is 0.152 e. The SMILES string of the molecule is Cc1nc(N/N=C/c2ccc(N(C)C)cc2)cc(N2CCOCC2)n1. The van der Waals surface area contributed by atoms with Crippen LogP contribution in [-0.4, -0.2) is 56.6 Å². The van der Waals surface area contributed by atoms with E-state index in [2.05, 4.69) is 42.4 Å². The third kappa shape index (κ3) is 4.67. The Morgan fingerprint density at radius 2 is 1.88 bits per heavy atom. The van der Waals surface area contributed by atoms with Gasteiger partial charge in [-0.2, -0.15) is 5.10 Å². The molecule has 3 rings (SSSR count). The first-order valence-electron chi connectivity index (χ1n) is 8.37. The summed E-state index contributed by atoms with van der Waals surface area (Å²) in [7, 11) is 4.04. The molecule has 2 heterocycles.